The predicted octanol–water partition coefficient (Wildman–Crippen LogP) is -0.816. The van der Waals surface area contributed by atoms with E-state index in [-0.39, 0.29) is 6.54 Å². The van der Waals surface area contributed by atoms with Gasteiger partial charge in [0.2, 0.25) is 0 Å². The van der Waals surface area contributed by atoms with Crippen molar-refractivity contribution in [1.82, 2.24) is 0 Å². The van der Waals surface area contributed by atoms with Crippen LogP contribution in [0.15, 0.2) is 14.6 Å². The maximum atomic E-state index is 10.8. The lowest BCUT2D eigenvalue weighted by Gasteiger charge is -1.93. The molecule has 0 fully saturated rings. The summed E-state index contributed by atoms with van der Waals surface area (Å²) in [4.78, 5) is 21.4. The zero-order valence-electron chi connectivity index (χ0n) is 5.67. The van der Waals surface area contributed by atoms with Gasteiger partial charge in [-0.05, 0) is 0 Å². The second kappa shape index (κ2) is 3.30. The molecule has 1 aliphatic rings. The van der Waals surface area contributed by atoms with E-state index in [2.05, 4.69) is 14.6 Å². The summed E-state index contributed by atoms with van der Waals surface area (Å²) >= 11 is 0. The quantitative estimate of drug-likeness (QED) is 0.502. The number of rotatable bonds is 1. The minimum absolute atomic E-state index is 0.113. The van der Waals surface area contributed by atoms with Gasteiger partial charge in [-0.15, -0.1) is 5.11 Å². The minimum atomic E-state index is -2.82. The summed E-state index contributed by atoms with van der Waals surface area (Å²) in [6.45, 7) is -0.113. The zero-order chi connectivity index (χ0) is 9.14. The second-order valence-electron chi connectivity index (χ2n) is 1.96. The normalized spacial score (nSPS) is 21.0. The van der Waals surface area contributed by atoms with Gasteiger partial charge in [0.05, 0.1) is 6.54 Å². The minimum Gasteiger partial charge on any atom is -0.270 e. The molecule has 1 atom stereocenters. The van der Waals surface area contributed by atoms with Crippen LogP contribution < -0.4 is 0 Å². The van der Waals surface area contributed by atoms with Crippen LogP contribution in [0.4, 0.5) is 0 Å². The molecule has 0 aromatic carbocycles. The van der Waals surface area contributed by atoms with E-state index in [0.29, 0.717) is 0 Å². The van der Waals surface area contributed by atoms with Crippen LogP contribution in [0.3, 0.4) is 0 Å². The molecule has 0 aromatic rings. The van der Waals surface area contributed by atoms with Crippen molar-refractivity contribution >= 4 is 22.3 Å². The third kappa shape index (κ3) is 1.78. The van der Waals surface area contributed by atoms with Gasteiger partial charge in [0.25, 0.3) is 11.8 Å². The molecule has 0 aromatic heterocycles. The average molecular weight is 189 g/mol. The van der Waals surface area contributed by atoms with Gasteiger partial charge in [0.15, 0.2) is 0 Å². The number of amides is 2. The van der Waals surface area contributed by atoms with Crippen molar-refractivity contribution in [3.05, 3.63) is 0 Å². The number of hydrogen-bond acceptors (Lipinski definition) is 5. The first-order valence-corrected chi connectivity index (χ1v) is 3.91. The Kier molecular flexibility index (Phi) is 2.38. The van der Waals surface area contributed by atoms with E-state index in [1.807, 2.05) is 0 Å². The summed E-state index contributed by atoms with van der Waals surface area (Å²) < 4.78 is 22.5. The van der Waals surface area contributed by atoms with Gasteiger partial charge in [0, 0.05) is 0 Å². The van der Waals surface area contributed by atoms with E-state index in [0.717, 1.165) is 0 Å². The monoisotopic (exact) mass is 189 g/mol. The van der Waals surface area contributed by atoms with E-state index in [1.54, 1.807) is 0 Å². The molecular formula is C4H3N3O4S. The van der Waals surface area contributed by atoms with Crippen molar-refractivity contribution in [2.24, 2.45) is 20.5 Å². The Bertz CT molecular complexity index is 373. The fourth-order valence-corrected chi connectivity index (χ4v) is 0.935. The molecule has 8 heteroatoms. The van der Waals surface area contributed by atoms with Crippen LogP contribution >= 0.6 is 0 Å². The number of carbonyl (C=O) groups excluding carboxylic acids is 2. The van der Waals surface area contributed by atoms with Gasteiger partial charge in [0.1, 0.15) is 5.92 Å². The predicted molar refractivity (Wildman–Crippen MR) is 34.6 cm³/mol. The summed E-state index contributed by atoms with van der Waals surface area (Å²) in [6, 6.07) is 0. The molecular weight excluding hydrogens is 186 g/mol. The molecule has 1 heterocycles. The molecule has 1 rings (SSSR count). The van der Waals surface area contributed by atoms with Crippen molar-refractivity contribution < 1.29 is 18.0 Å². The van der Waals surface area contributed by atoms with Crippen LogP contribution in [-0.4, -0.2) is 26.8 Å². The van der Waals surface area contributed by atoms with Crippen LogP contribution in [-0.2, 0) is 20.1 Å². The number of azo groups is 1. The fraction of sp³-hybridized carbons (Fsp3) is 0.500. The van der Waals surface area contributed by atoms with Crippen LogP contribution in [0, 0.1) is 5.92 Å². The third-order valence-corrected chi connectivity index (χ3v) is 1.52. The molecule has 0 N–H and O–H groups in total. The molecule has 2 amide bonds. The number of hydrogen-bond donors (Lipinski definition) is 0. The van der Waals surface area contributed by atoms with Gasteiger partial charge in [-0.1, -0.05) is 4.36 Å². The Morgan fingerprint density at radius 3 is 2.67 bits per heavy atom. The first-order chi connectivity index (χ1) is 5.61. The van der Waals surface area contributed by atoms with E-state index in [9.17, 15) is 18.0 Å². The Hall–Kier alpha value is -1.44. The molecule has 7 nitrogen and oxygen atoms in total. The Morgan fingerprint density at radius 2 is 2.25 bits per heavy atom. The molecule has 0 saturated carbocycles. The summed E-state index contributed by atoms with van der Waals surface area (Å²) in [6.07, 6.45) is 0. The number of nitrogens with zero attached hydrogens (tertiary/aromatic N) is 3. The lowest BCUT2D eigenvalue weighted by atomic mass is 10.1. The molecule has 12 heavy (non-hydrogen) atoms. The lowest BCUT2D eigenvalue weighted by molar-refractivity contribution is -0.129. The van der Waals surface area contributed by atoms with Gasteiger partial charge in [-0.25, -0.2) is 0 Å². The Morgan fingerprint density at radius 1 is 1.58 bits per heavy atom. The van der Waals surface area contributed by atoms with Crippen LogP contribution in [0.1, 0.15) is 0 Å². The summed E-state index contributed by atoms with van der Waals surface area (Å²) in [5, 5.41) is 6.32. The standard InChI is InChI=1S/C4H3N3O4S/c8-3-2(1-5-6-3)4(9)7-12(10)11/h2H,1H2. The van der Waals surface area contributed by atoms with Crippen LogP contribution in [0.2, 0.25) is 0 Å². The van der Waals surface area contributed by atoms with Gasteiger partial charge in [-0.2, -0.15) is 13.5 Å². The van der Waals surface area contributed by atoms with E-state index in [4.69, 9.17) is 0 Å². The molecule has 1 aliphatic heterocycles. The van der Waals surface area contributed by atoms with E-state index < -0.39 is 28.2 Å². The molecule has 0 bridgehead atoms. The highest BCUT2D eigenvalue weighted by molar-refractivity contribution is 7.62. The van der Waals surface area contributed by atoms with E-state index >= 15 is 0 Å². The molecule has 0 radical (unpaired) electrons. The Balaban J connectivity index is 2.80. The first-order valence-electron chi connectivity index (χ1n) is 2.87. The van der Waals surface area contributed by atoms with Crippen molar-refractivity contribution in [1.29, 1.82) is 0 Å². The van der Waals surface area contributed by atoms with Crippen molar-refractivity contribution in [2.45, 2.75) is 0 Å². The molecule has 64 valence electrons. The van der Waals surface area contributed by atoms with Gasteiger partial charge in [-0.3, -0.25) is 9.59 Å². The van der Waals surface area contributed by atoms with E-state index in [1.165, 1.54) is 0 Å². The zero-order valence-corrected chi connectivity index (χ0v) is 6.48. The highest BCUT2D eigenvalue weighted by Crippen LogP contribution is 2.10. The topological polar surface area (TPSA) is 105 Å². The third-order valence-electron chi connectivity index (χ3n) is 1.19. The lowest BCUT2D eigenvalue weighted by Crippen LogP contribution is -2.19. The van der Waals surface area contributed by atoms with Gasteiger partial charge >= 0.3 is 10.5 Å². The van der Waals surface area contributed by atoms with Crippen molar-refractivity contribution in [3.63, 3.8) is 0 Å². The summed E-state index contributed by atoms with van der Waals surface area (Å²) in [7, 11) is -2.82. The Labute approximate surface area is 68.2 Å². The largest absolute Gasteiger partial charge is 0.319 e. The number of carbonyl (C=O) groups is 2. The first kappa shape index (κ1) is 8.65. The average Bonchev–Trinajstić information content (AvgIpc) is 2.33. The smallest absolute Gasteiger partial charge is 0.270 e. The maximum absolute atomic E-state index is 10.8. The molecule has 1 unspecified atom stereocenters. The molecule has 0 spiro atoms. The van der Waals surface area contributed by atoms with Crippen molar-refractivity contribution in [3.8, 4) is 0 Å². The van der Waals surface area contributed by atoms with Crippen LogP contribution in [0.5, 0.6) is 0 Å². The summed E-state index contributed by atoms with van der Waals surface area (Å²) in [5.74, 6) is -2.89. The van der Waals surface area contributed by atoms with Crippen LogP contribution in [0.25, 0.3) is 0 Å². The summed E-state index contributed by atoms with van der Waals surface area (Å²) in [5.41, 5.74) is 0. The highest BCUT2D eigenvalue weighted by atomic mass is 32.2. The van der Waals surface area contributed by atoms with Crippen molar-refractivity contribution in [2.75, 3.05) is 6.54 Å². The molecule has 0 saturated heterocycles. The van der Waals surface area contributed by atoms with Gasteiger partial charge < -0.3 is 0 Å². The molecule has 0 aliphatic carbocycles. The maximum Gasteiger partial charge on any atom is 0.319 e. The second-order valence-corrected chi connectivity index (χ2v) is 2.58. The highest BCUT2D eigenvalue weighted by Gasteiger charge is 2.30. The SMILES string of the molecule is O=C1N=NCC1C(=O)N=S(=O)=O. The fourth-order valence-electron chi connectivity index (χ4n) is 0.661.